The third-order valence-corrected chi connectivity index (χ3v) is 4.35. The summed E-state index contributed by atoms with van der Waals surface area (Å²) in [5, 5.41) is 0. The van der Waals surface area contributed by atoms with Crippen LogP contribution >= 0.6 is 0 Å². The van der Waals surface area contributed by atoms with E-state index in [9.17, 15) is 18.0 Å². The van der Waals surface area contributed by atoms with Crippen LogP contribution in [0.15, 0.2) is 18.3 Å². The molecule has 0 spiro atoms. The van der Waals surface area contributed by atoms with Gasteiger partial charge in [0.15, 0.2) is 0 Å². The summed E-state index contributed by atoms with van der Waals surface area (Å²) in [6, 6.07) is 2.42. The van der Waals surface area contributed by atoms with Crippen molar-refractivity contribution < 1.29 is 18.0 Å². The Balaban J connectivity index is 1.63. The Morgan fingerprint density at radius 2 is 1.91 bits per heavy atom. The number of nitrogens with zero attached hydrogens (tertiary/aromatic N) is 3. The van der Waals surface area contributed by atoms with Gasteiger partial charge >= 0.3 is 6.18 Å². The van der Waals surface area contributed by atoms with Crippen molar-refractivity contribution in [3.05, 3.63) is 23.9 Å². The second kappa shape index (κ2) is 5.78. The molecule has 4 nitrogen and oxygen atoms in total. The van der Waals surface area contributed by atoms with Crippen molar-refractivity contribution in [1.82, 2.24) is 9.88 Å². The van der Waals surface area contributed by atoms with Crippen molar-refractivity contribution in [1.29, 1.82) is 0 Å². The van der Waals surface area contributed by atoms with Gasteiger partial charge in [-0.1, -0.05) is 0 Å². The first-order chi connectivity index (χ1) is 10.4. The number of carbonyl (C=O) groups excluding carboxylic acids is 1. The standard InChI is InChI=1S/C15H18F3N3O/c16-15(17,18)12-3-4-13(19-9-12)21-8-5-11(10-21)14(22)20-6-1-2-7-20/h3-4,9,11H,1-2,5-8,10H2. The number of anilines is 1. The van der Waals surface area contributed by atoms with Gasteiger partial charge in [-0.3, -0.25) is 4.79 Å². The molecule has 1 aromatic heterocycles. The van der Waals surface area contributed by atoms with E-state index in [-0.39, 0.29) is 11.8 Å². The molecule has 0 N–H and O–H groups in total. The van der Waals surface area contributed by atoms with Gasteiger partial charge in [0.1, 0.15) is 5.82 Å². The van der Waals surface area contributed by atoms with Crippen LogP contribution in [0.1, 0.15) is 24.8 Å². The van der Waals surface area contributed by atoms with Crippen LogP contribution in [0.5, 0.6) is 0 Å². The predicted octanol–water partition coefficient (Wildman–Crippen LogP) is 2.55. The Morgan fingerprint density at radius 3 is 2.50 bits per heavy atom. The fraction of sp³-hybridized carbons (Fsp3) is 0.600. The molecule has 3 rings (SSSR count). The zero-order valence-electron chi connectivity index (χ0n) is 12.1. The van der Waals surface area contributed by atoms with Gasteiger partial charge in [0.25, 0.3) is 0 Å². The van der Waals surface area contributed by atoms with Crippen molar-refractivity contribution in [2.75, 3.05) is 31.1 Å². The van der Waals surface area contributed by atoms with Crippen LogP contribution in [-0.4, -0.2) is 42.0 Å². The van der Waals surface area contributed by atoms with Crippen LogP contribution < -0.4 is 4.90 Å². The molecule has 2 aliphatic rings. The third kappa shape index (κ3) is 3.03. The van der Waals surface area contributed by atoms with Crippen LogP contribution in [0.3, 0.4) is 0 Å². The molecule has 0 bridgehead atoms. The molecule has 0 radical (unpaired) electrons. The van der Waals surface area contributed by atoms with Gasteiger partial charge in [-0.05, 0) is 31.4 Å². The summed E-state index contributed by atoms with van der Waals surface area (Å²) in [5.41, 5.74) is -0.750. The molecule has 1 unspecified atom stereocenters. The lowest BCUT2D eigenvalue weighted by atomic mass is 10.1. The smallest absolute Gasteiger partial charge is 0.356 e. The molecule has 1 amide bonds. The van der Waals surface area contributed by atoms with Gasteiger partial charge in [0.05, 0.1) is 11.5 Å². The second-order valence-electron chi connectivity index (χ2n) is 5.87. The number of likely N-dealkylation sites (tertiary alicyclic amines) is 1. The summed E-state index contributed by atoms with van der Waals surface area (Å²) in [4.78, 5) is 20.0. The molecule has 0 aromatic carbocycles. The van der Waals surface area contributed by atoms with E-state index in [4.69, 9.17) is 0 Å². The van der Waals surface area contributed by atoms with Gasteiger partial charge in [-0.15, -0.1) is 0 Å². The largest absolute Gasteiger partial charge is 0.417 e. The molecular formula is C15H18F3N3O. The summed E-state index contributed by atoms with van der Waals surface area (Å²) in [5.74, 6) is 0.610. The van der Waals surface area contributed by atoms with Crippen molar-refractivity contribution >= 4 is 11.7 Å². The van der Waals surface area contributed by atoms with Crippen LogP contribution in [-0.2, 0) is 11.0 Å². The number of rotatable bonds is 2. The van der Waals surface area contributed by atoms with Gasteiger partial charge in [0.2, 0.25) is 5.91 Å². The zero-order valence-corrected chi connectivity index (χ0v) is 12.1. The number of halogens is 3. The maximum Gasteiger partial charge on any atom is 0.417 e. The van der Waals surface area contributed by atoms with E-state index in [0.29, 0.717) is 18.9 Å². The maximum atomic E-state index is 12.5. The Bertz CT molecular complexity index is 538. The van der Waals surface area contributed by atoms with E-state index in [1.807, 2.05) is 9.80 Å². The molecule has 3 heterocycles. The van der Waals surface area contributed by atoms with E-state index in [2.05, 4.69) is 4.98 Å². The minimum absolute atomic E-state index is 0.0674. The summed E-state index contributed by atoms with van der Waals surface area (Å²) in [6.45, 7) is 2.85. The lowest BCUT2D eigenvalue weighted by Gasteiger charge is -2.21. The molecule has 1 atom stereocenters. The van der Waals surface area contributed by atoms with Gasteiger partial charge in [-0.2, -0.15) is 13.2 Å². The predicted molar refractivity (Wildman–Crippen MR) is 75.4 cm³/mol. The average molecular weight is 313 g/mol. The normalized spacial score (nSPS) is 22.4. The SMILES string of the molecule is O=C(C1CCN(c2ccc(C(F)(F)F)cn2)C1)N1CCCC1. The highest BCUT2D eigenvalue weighted by atomic mass is 19.4. The minimum Gasteiger partial charge on any atom is -0.356 e. The van der Waals surface area contributed by atoms with E-state index < -0.39 is 11.7 Å². The number of aromatic nitrogens is 1. The van der Waals surface area contributed by atoms with Crippen LogP contribution in [0, 0.1) is 5.92 Å². The molecule has 0 aliphatic carbocycles. The number of amides is 1. The van der Waals surface area contributed by atoms with E-state index in [1.165, 1.54) is 6.07 Å². The van der Waals surface area contributed by atoms with Gasteiger partial charge in [0, 0.05) is 32.4 Å². The summed E-state index contributed by atoms with van der Waals surface area (Å²) in [7, 11) is 0. The first-order valence-corrected chi connectivity index (χ1v) is 7.52. The Hall–Kier alpha value is -1.79. The van der Waals surface area contributed by atoms with Gasteiger partial charge < -0.3 is 9.80 Å². The first kappa shape index (κ1) is 15.1. The molecule has 1 aromatic rings. The maximum absolute atomic E-state index is 12.5. The number of alkyl halides is 3. The third-order valence-electron chi connectivity index (χ3n) is 4.35. The van der Waals surface area contributed by atoms with E-state index in [1.54, 1.807) is 0 Å². The monoisotopic (exact) mass is 313 g/mol. The highest BCUT2D eigenvalue weighted by Gasteiger charge is 2.34. The highest BCUT2D eigenvalue weighted by molar-refractivity contribution is 5.80. The molecule has 0 saturated carbocycles. The lowest BCUT2D eigenvalue weighted by molar-refractivity contribution is -0.137. The number of pyridine rings is 1. The second-order valence-corrected chi connectivity index (χ2v) is 5.87. The first-order valence-electron chi connectivity index (χ1n) is 7.52. The van der Waals surface area contributed by atoms with Gasteiger partial charge in [-0.25, -0.2) is 4.98 Å². The van der Waals surface area contributed by atoms with Crippen molar-refractivity contribution in [3.8, 4) is 0 Å². The summed E-state index contributed by atoms with van der Waals surface area (Å²) < 4.78 is 37.6. The number of hydrogen-bond acceptors (Lipinski definition) is 3. The quantitative estimate of drug-likeness (QED) is 0.842. The highest BCUT2D eigenvalue weighted by Crippen LogP contribution is 2.30. The molecule has 2 saturated heterocycles. The zero-order chi connectivity index (χ0) is 15.7. The molecule has 22 heavy (non-hydrogen) atoms. The number of carbonyl (C=O) groups is 1. The Kier molecular flexibility index (Phi) is 3.97. The van der Waals surface area contributed by atoms with Crippen LogP contribution in [0.2, 0.25) is 0 Å². The summed E-state index contributed by atoms with van der Waals surface area (Å²) in [6.07, 6.45) is -0.668. The van der Waals surface area contributed by atoms with Crippen molar-refractivity contribution in [2.45, 2.75) is 25.4 Å². The van der Waals surface area contributed by atoms with Crippen LogP contribution in [0.25, 0.3) is 0 Å². The van der Waals surface area contributed by atoms with E-state index >= 15 is 0 Å². The van der Waals surface area contributed by atoms with Crippen LogP contribution in [0.4, 0.5) is 19.0 Å². The molecular weight excluding hydrogens is 295 g/mol. The average Bonchev–Trinajstić information content (AvgIpc) is 3.17. The van der Waals surface area contributed by atoms with E-state index in [0.717, 1.165) is 44.6 Å². The fourth-order valence-corrected chi connectivity index (χ4v) is 3.11. The fourth-order valence-electron chi connectivity index (χ4n) is 3.11. The lowest BCUT2D eigenvalue weighted by Crippen LogP contribution is -2.35. The summed E-state index contributed by atoms with van der Waals surface area (Å²) >= 11 is 0. The molecule has 2 aliphatic heterocycles. The Labute approximate surface area is 126 Å². The topological polar surface area (TPSA) is 36.4 Å². The molecule has 120 valence electrons. The van der Waals surface area contributed by atoms with Crippen molar-refractivity contribution in [3.63, 3.8) is 0 Å². The Morgan fingerprint density at radius 1 is 1.18 bits per heavy atom. The van der Waals surface area contributed by atoms with Crippen molar-refractivity contribution in [2.24, 2.45) is 5.92 Å². The molecule has 2 fully saturated rings. The number of hydrogen-bond donors (Lipinski definition) is 0. The minimum atomic E-state index is -4.37. The molecule has 7 heteroatoms.